The molecule has 2 N–H and O–H groups in total. The van der Waals surface area contributed by atoms with Crippen molar-refractivity contribution >= 4 is 32.5 Å². The van der Waals surface area contributed by atoms with Gasteiger partial charge in [0.1, 0.15) is 9.84 Å². The second-order valence-corrected chi connectivity index (χ2v) is 8.22. The van der Waals surface area contributed by atoms with Crippen molar-refractivity contribution in [2.24, 2.45) is 0 Å². The first kappa shape index (κ1) is 17.9. The lowest BCUT2D eigenvalue weighted by Gasteiger charge is -2.19. The highest BCUT2D eigenvalue weighted by Crippen LogP contribution is 2.21. The molecule has 3 aromatic rings. The normalized spacial score (nSPS) is 12.5. The molecule has 6 nitrogen and oxygen atoms in total. The molecule has 7 heteroatoms. The number of hydrogen-bond acceptors (Lipinski definition) is 4. The van der Waals surface area contributed by atoms with Crippen LogP contribution in [0.4, 0.5) is 10.5 Å². The first-order chi connectivity index (χ1) is 12.4. The molecule has 0 radical (unpaired) electrons. The van der Waals surface area contributed by atoms with Gasteiger partial charge in [-0.1, -0.05) is 48.5 Å². The summed E-state index contributed by atoms with van der Waals surface area (Å²) in [7, 11) is -3.28. The number of hydrogen-bond donors (Lipinski definition) is 2. The van der Waals surface area contributed by atoms with Gasteiger partial charge in [0.2, 0.25) is 0 Å². The van der Waals surface area contributed by atoms with E-state index in [0.717, 1.165) is 17.2 Å². The first-order valence-electron chi connectivity index (χ1n) is 8.06. The summed E-state index contributed by atoms with van der Waals surface area (Å²) in [5.74, 6) is -0.182. The number of nitrogens with one attached hydrogen (secondary N) is 2. The zero-order chi connectivity index (χ0) is 18.6. The van der Waals surface area contributed by atoms with Crippen LogP contribution >= 0.6 is 0 Å². The van der Waals surface area contributed by atoms with E-state index in [1.807, 2.05) is 30.3 Å². The third kappa shape index (κ3) is 4.58. The molecule has 0 unspecified atom stereocenters. The van der Waals surface area contributed by atoms with Crippen molar-refractivity contribution in [3.63, 3.8) is 0 Å². The zero-order valence-electron chi connectivity index (χ0n) is 14.2. The van der Waals surface area contributed by atoms with E-state index in [1.54, 1.807) is 36.5 Å². The molecule has 1 aromatic heterocycles. The van der Waals surface area contributed by atoms with Crippen molar-refractivity contribution in [1.29, 1.82) is 0 Å². The Kier molecular flexibility index (Phi) is 5.18. The number of rotatable bonds is 5. The molecule has 0 aliphatic rings. The van der Waals surface area contributed by atoms with Gasteiger partial charge in [0.05, 0.1) is 23.0 Å². The molecule has 0 saturated carbocycles. The van der Waals surface area contributed by atoms with E-state index >= 15 is 0 Å². The third-order valence-corrected chi connectivity index (χ3v) is 4.80. The van der Waals surface area contributed by atoms with E-state index in [4.69, 9.17) is 0 Å². The maximum atomic E-state index is 12.5. The topological polar surface area (TPSA) is 88.2 Å². The van der Waals surface area contributed by atoms with Gasteiger partial charge in [-0.25, -0.2) is 13.2 Å². The molecule has 0 aliphatic carbocycles. The van der Waals surface area contributed by atoms with Crippen LogP contribution in [0.5, 0.6) is 0 Å². The highest BCUT2D eigenvalue weighted by atomic mass is 32.2. The number of anilines is 1. The average Bonchev–Trinajstić information content (AvgIpc) is 2.61. The van der Waals surface area contributed by atoms with Gasteiger partial charge in [0, 0.05) is 17.8 Å². The number of carbonyl (C=O) groups excluding carboxylic acids is 1. The molecule has 0 spiro atoms. The average molecular weight is 369 g/mol. The molecule has 0 saturated heterocycles. The van der Waals surface area contributed by atoms with Gasteiger partial charge in [-0.05, 0) is 17.7 Å². The van der Waals surface area contributed by atoms with E-state index in [9.17, 15) is 13.2 Å². The van der Waals surface area contributed by atoms with E-state index in [0.29, 0.717) is 11.2 Å². The number of aromatic nitrogens is 1. The lowest BCUT2D eigenvalue weighted by molar-refractivity contribution is 0.249. The molecule has 1 heterocycles. The molecular weight excluding hydrogens is 350 g/mol. The molecule has 1 atom stereocenters. The first-order valence-corrected chi connectivity index (χ1v) is 10.1. The van der Waals surface area contributed by atoms with Crippen LogP contribution in [0.25, 0.3) is 10.9 Å². The predicted molar refractivity (Wildman–Crippen MR) is 103 cm³/mol. The number of nitrogens with zero attached hydrogens (tertiary/aromatic N) is 1. The Morgan fingerprint density at radius 2 is 1.77 bits per heavy atom. The number of benzene rings is 2. The summed E-state index contributed by atoms with van der Waals surface area (Å²) >= 11 is 0. The fourth-order valence-electron chi connectivity index (χ4n) is 2.73. The Hall–Kier alpha value is -2.93. The maximum Gasteiger partial charge on any atom is 0.319 e. The summed E-state index contributed by atoms with van der Waals surface area (Å²) in [4.78, 5) is 16.8. The molecule has 0 aliphatic heterocycles. The number of para-hydroxylation sites is 1. The lowest BCUT2D eigenvalue weighted by atomic mass is 10.1. The smallest absolute Gasteiger partial charge is 0.319 e. The zero-order valence-corrected chi connectivity index (χ0v) is 15.0. The Bertz CT molecular complexity index is 1020. The third-order valence-electron chi connectivity index (χ3n) is 3.86. The fourth-order valence-corrected chi connectivity index (χ4v) is 3.61. The molecular formula is C19H19N3O3S. The van der Waals surface area contributed by atoms with Crippen molar-refractivity contribution in [1.82, 2.24) is 10.3 Å². The van der Waals surface area contributed by atoms with Gasteiger partial charge in [-0.15, -0.1) is 0 Å². The second kappa shape index (κ2) is 7.53. The molecule has 0 fully saturated rings. The summed E-state index contributed by atoms with van der Waals surface area (Å²) in [6.45, 7) is 0. The number of pyridine rings is 1. The Labute approximate surface area is 152 Å². The minimum Gasteiger partial charge on any atom is -0.330 e. The number of carbonyl (C=O) groups is 1. The van der Waals surface area contributed by atoms with Gasteiger partial charge in [-0.2, -0.15) is 0 Å². The Morgan fingerprint density at radius 3 is 2.50 bits per heavy atom. The number of urea groups is 1. The molecule has 3 rings (SSSR count). The molecule has 0 bridgehead atoms. The SMILES string of the molecule is CS(=O)(=O)C[C@@H](NC(=O)Nc1cccc2cccnc12)c1ccccc1. The maximum absolute atomic E-state index is 12.5. The van der Waals surface area contributed by atoms with Crippen molar-refractivity contribution in [3.8, 4) is 0 Å². The van der Waals surface area contributed by atoms with Crippen molar-refractivity contribution < 1.29 is 13.2 Å². The van der Waals surface area contributed by atoms with Gasteiger partial charge >= 0.3 is 6.03 Å². The van der Waals surface area contributed by atoms with Crippen LogP contribution in [-0.2, 0) is 9.84 Å². The molecule has 2 amide bonds. The summed E-state index contributed by atoms with van der Waals surface area (Å²) in [6.07, 6.45) is 2.80. The summed E-state index contributed by atoms with van der Waals surface area (Å²) < 4.78 is 23.5. The van der Waals surface area contributed by atoms with Crippen LogP contribution < -0.4 is 10.6 Å². The van der Waals surface area contributed by atoms with E-state index < -0.39 is 21.9 Å². The van der Waals surface area contributed by atoms with Crippen molar-refractivity contribution in [2.75, 3.05) is 17.3 Å². The fraction of sp³-hybridized carbons (Fsp3) is 0.158. The van der Waals surface area contributed by atoms with E-state index in [2.05, 4.69) is 15.6 Å². The molecule has 134 valence electrons. The van der Waals surface area contributed by atoms with E-state index in [-0.39, 0.29) is 5.75 Å². The van der Waals surface area contributed by atoms with Gasteiger partial charge in [0.25, 0.3) is 0 Å². The summed E-state index contributed by atoms with van der Waals surface area (Å²) in [6, 6.07) is 17.1. The highest BCUT2D eigenvalue weighted by Gasteiger charge is 2.20. The molecule has 2 aromatic carbocycles. The van der Waals surface area contributed by atoms with Crippen LogP contribution in [0.15, 0.2) is 66.9 Å². The standard InChI is InChI=1S/C19H19N3O3S/c1-26(24,25)13-17(14-7-3-2-4-8-14)22-19(23)21-16-11-5-9-15-10-6-12-20-18(15)16/h2-12,17H,13H2,1H3,(H2,21,22,23)/t17-/m1/s1. The Morgan fingerprint density at radius 1 is 1.04 bits per heavy atom. The van der Waals surface area contributed by atoms with Crippen molar-refractivity contribution in [3.05, 3.63) is 72.4 Å². The van der Waals surface area contributed by atoms with Crippen LogP contribution in [-0.4, -0.2) is 31.4 Å². The minimum absolute atomic E-state index is 0.182. The predicted octanol–water partition coefficient (Wildman–Crippen LogP) is 3.14. The van der Waals surface area contributed by atoms with Gasteiger partial charge < -0.3 is 10.6 Å². The minimum atomic E-state index is -3.28. The van der Waals surface area contributed by atoms with Gasteiger partial charge in [0.15, 0.2) is 0 Å². The van der Waals surface area contributed by atoms with E-state index in [1.165, 1.54) is 0 Å². The monoisotopic (exact) mass is 369 g/mol. The lowest BCUT2D eigenvalue weighted by Crippen LogP contribution is -2.36. The van der Waals surface area contributed by atoms with Crippen LogP contribution in [0.2, 0.25) is 0 Å². The van der Waals surface area contributed by atoms with Gasteiger partial charge in [-0.3, -0.25) is 4.98 Å². The molecule has 26 heavy (non-hydrogen) atoms. The highest BCUT2D eigenvalue weighted by molar-refractivity contribution is 7.90. The summed E-state index contributed by atoms with van der Waals surface area (Å²) in [5, 5.41) is 6.41. The number of sulfone groups is 1. The summed E-state index contributed by atoms with van der Waals surface area (Å²) in [5.41, 5.74) is 1.96. The van der Waals surface area contributed by atoms with Crippen LogP contribution in [0.1, 0.15) is 11.6 Å². The van der Waals surface area contributed by atoms with Crippen LogP contribution in [0, 0.1) is 0 Å². The largest absolute Gasteiger partial charge is 0.330 e. The Balaban J connectivity index is 1.81. The van der Waals surface area contributed by atoms with Crippen LogP contribution in [0.3, 0.4) is 0 Å². The number of fused-ring (bicyclic) bond motifs is 1. The van der Waals surface area contributed by atoms with Crippen molar-refractivity contribution in [2.45, 2.75) is 6.04 Å². The second-order valence-electron chi connectivity index (χ2n) is 6.03. The number of amides is 2. The quantitative estimate of drug-likeness (QED) is 0.723.